The van der Waals surface area contributed by atoms with Crippen LogP contribution in [0.15, 0.2) is 36.4 Å². The van der Waals surface area contributed by atoms with Gasteiger partial charge in [0, 0.05) is 24.1 Å². The maximum absolute atomic E-state index is 14.2. The van der Waals surface area contributed by atoms with Crippen LogP contribution in [-0.4, -0.2) is 19.7 Å². The molecule has 0 fully saturated rings. The van der Waals surface area contributed by atoms with Gasteiger partial charge < -0.3 is 9.47 Å². The second kappa shape index (κ2) is 6.39. The fourth-order valence-electron chi connectivity index (χ4n) is 2.63. The lowest BCUT2D eigenvalue weighted by molar-refractivity contribution is 0.0600. The van der Waals surface area contributed by atoms with Gasteiger partial charge in [0.25, 0.3) is 0 Å². The highest BCUT2D eigenvalue weighted by molar-refractivity contribution is 5.93. The van der Waals surface area contributed by atoms with E-state index in [2.05, 4.69) is 4.74 Å². The number of fused-ring (bicyclic) bond motifs is 1. The smallest absolute Gasteiger partial charge is 0.337 e. The van der Waals surface area contributed by atoms with Crippen molar-refractivity contribution >= 4 is 11.5 Å². The van der Waals surface area contributed by atoms with Gasteiger partial charge in [0.2, 0.25) is 0 Å². The number of halogens is 3. The zero-order chi connectivity index (χ0) is 17.3. The Kier molecular flexibility index (Phi) is 4.29. The molecule has 0 aliphatic carbocycles. The van der Waals surface area contributed by atoms with Gasteiger partial charge >= 0.3 is 5.97 Å². The molecule has 0 radical (unpaired) electrons. The normalized spacial score (nSPS) is 13.4. The van der Waals surface area contributed by atoms with Crippen molar-refractivity contribution in [1.82, 2.24) is 0 Å². The van der Waals surface area contributed by atoms with E-state index in [0.29, 0.717) is 36.5 Å². The van der Waals surface area contributed by atoms with E-state index >= 15 is 0 Å². The molecule has 124 valence electrons. The first-order valence-electron chi connectivity index (χ1n) is 7.22. The summed E-state index contributed by atoms with van der Waals surface area (Å²) in [6.45, 7) is 0.318. The van der Waals surface area contributed by atoms with Crippen molar-refractivity contribution in [3.05, 3.63) is 70.5 Å². The SMILES string of the molecule is COC(=O)c1ccc2c(c1)C(c1c(F)cc(F)cc1F)=CCCO2. The molecule has 3 nitrogen and oxygen atoms in total. The molecule has 0 saturated heterocycles. The number of hydrogen-bond donors (Lipinski definition) is 0. The van der Waals surface area contributed by atoms with Crippen LogP contribution in [0.2, 0.25) is 0 Å². The molecule has 1 aliphatic heterocycles. The number of carbonyl (C=O) groups is 1. The largest absolute Gasteiger partial charge is 0.493 e. The van der Waals surface area contributed by atoms with Crippen LogP contribution < -0.4 is 4.74 Å². The second-order valence-corrected chi connectivity index (χ2v) is 5.20. The van der Waals surface area contributed by atoms with E-state index in [4.69, 9.17) is 4.74 Å². The highest BCUT2D eigenvalue weighted by atomic mass is 19.1. The Morgan fingerprint density at radius 2 is 1.83 bits per heavy atom. The molecule has 0 spiro atoms. The lowest BCUT2D eigenvalue weighted by Crippen LogP contribution is -2.04. The van der Waals surface area contributed by atoms with E-state index < -0.39 is 23.4 Å². The van der Waals surface area contributed by atoms with Crippen molar-refractivity contribution in [2.24, 2.45) is 0 Å². The molecule has 0 bridgehead atoms. The summed E-state index contributed by atoms with van der Waals surface area (Å²) in [5, 5.41) is 0. The van der Waals surface area contributed by atoms with E-state index in [1.54, 1.807) is 12.1 Å². The standard InChI is InChI=1S/C18H13F3O3/c1-23-18(22)10-4-5-16-13(7-10)12(3-2-6-24-16)17-14(20)8-11(19)9-15(17)21/h3-5,7-9H,2,6H2,1H3. The van der Waals surface area contributed by atoms with E-state index in [-0.39, 0.29) is 16.7 Å². The topological polar surface area (TPSA) is 35.5 Å². The predicted octanol–water partition coefficient (Wildman–Crippen LogP) is 4.10. The lowest BCUT2D eigenvalue weighted by atomic mass is 9.94. The number of ether oxygens (including phenoxy) is 2. The van der Waals surface area contributed by atoms with Crippen molar-refractivity contribution in [3.8, 4) is 5.75 Å². The third kappa shape index (κ3) is 2.87. The Labute approximate surface area is 136 Å². The zero-order valence-corrected chi connectivity index (χ0v) is 12.7. The number of methoxy groups -OCH3 is 1. The summed E-state index contributed by atoms with van der Waals surface area (Å²) in [4.78, 5) is 11.7. The van der Waals surface area contributed by atoms with E-state index in [0.717, 1.165) is 0 Å². The summed E-state index contributed by atoms with van der Waals surface area (Å²) >= 11 is 0. The minimum atomic E-state index is -1.02. The van der Waals surface area contributed by atoms with Crippen molar-refractivity contribution in [2.45, 2.75) is 6.42 Å². The molecule has 2 aromatic rings. The molecular weight excluding hydrogens is 321 g/mol. The molecule has 0 aromatic heterocycles. The van der Waals surface area contributed by atoms with Crippen LogP contribution >= 0.6 is 0 Å². The van der Waals surface area contributed by atoms with Crippen LogP contribution in [0.5, 0.6) is 5.75 Å². The van der Waals surface area contributed by atoms with Crippen LogP contribution in [0.25, 0.3) is 5.57 Å². The Hall–Kier alpha value is -2.76. The highest BCUT2D eigenvalue weighted by Crippen LogP contribution is 2.37. The van der Waals surface area contributed by atoms with E-state index in [1.165, 1.54) is 19.2 Å². The molecule has 24 heavy (non-hydrogen) atoms. The molecule has 0 unspecified atom stereocenters. The summed E-state index contributed by atoms with van der Waals surface area (Å²) in [7, 11) is 1.24. The summed E-state index contributed by atoms with van der Waals surface area (Å²) in [5.41, 5.74) is 0.420. The fourth-order valence-corrected chi connectivity index (χ4v) is 2.63. The molecule has 1 aliphatic rings. The van der Waals surface area contributed by atoms with Crippen molar-refractivity contribution < 1.29 is 27.4 Å². The van der Waals surface area contributed by atoms with Gasteiger partial charge in [-0.25, -0.2) is 18.0 Å². The summed E-state index contributed by atoms with van der Waals surface area (Å²) in [6.07, 6.45) is 2.01. The molecule has 0 saturated carbocycles. The first-order chi connectivity index (χ1) is 11.5. The summed E-state index contributed by atoms with van der Waals surface area (Å²) in [6, 6.07) is 5.73. The molecular formula is C18H13F3O3. The quantitative estimate of drug-likeness (QED) is 0.776. The monoisotopic (exact) mass is 334 g/mol. The molecule has 2 aromatic carbocycles. The average molecular weight is 334 g/mol. The Bertz CT molecular complexity index is 820. The molecule has 0 atom stereocenters. The first-order valence-corrected chi connectivity index (χ1v) is 7.22. The summed E-state index contributed by atoms with van der Waals surface area (Å²) in [5.74, 6) is -3.23. The van der Waals surface area contributed by atoms with Gasteiger partial charge in [-0.2, -0.15) is 0 Å². The molecule has 6 heteroatoms. The maximum Gasteiger partial charge on any atom is 0.337 e. The van der Waals surface area contributed by atoms with Gasteiger partial charge in [0.05, 0.1) is 24.8 Å². The Morgan fingerprint density at radius 1 is 1.12 bits per heavy atom. The molecule has 3 rings (SSSR count). The minimum absolute atomic E-state index is 0.211. The number of benzene rings is 2. The van der Waals surface area contributed by atoms with Crippen LogP contribution in [0.4, 0.5) is 13.2 Å². The van der Waals surface area contributed by atoms with Gasteiger partial charge in [-0.05, 0) is 23.8 Å². The third-order valence-corrected chi connectivity index (χ3v) is 3.69. The minimum Gasteiger partial charge on any atom is -0.493 e. The van der Waals surface area contributed by atoms with Crippen molar-refractivity contribution in [3.63, 3.8) is 0 Å². The summed E-state index contributed by atoms with van der Waals surface area (Å²) < 4.78 is 51.8. The highest BCUT2D eigenvalue weighted by Gasteiger charge is 2.23. The van der Waals surface area contributed by atoms with Gasteiger partial charge in [0.15, 0.2) is 0 Å². The number of carbonyl (C=O) groups excluding carboxylic acids is 1. The average Bonchev–Trinajstić information content (AvgIpc) is 2.75. The number of rotatable bonds is 2. The van der Waals surface area contributed by atoms with Crippen LogP contribution in [0.3, 0.4) is 0 Å². The molecule has 1 heterocycles. The van der Waals surface area contributed by atoms with E-state index in [9.17, 15) is 18.0 Å². The van der Waals surface area contributed by atoms with Gasteiger partial charge in [0.1, 0.15) is 23.2 Å². The Balaban J connectivity index is 2.21. The molecule has 0 amide bonds. The van der Waals surface area contributed by atoms with Gasteiger partial charge in [-0.15, -0.1) is 0 Å². The predicted molar refractivity (Wildman–Crippen MR) is 81.3 cm³/mol. The van der Waals surface area contributed by atoms with Crippen molar-refractivity contribution in [2.75, 3.05) is 13.7 Å². The zero-order valence-electron chi connectivity index (χ0n) is 12.7. The van der Waals surface area contributed by atoms with Crippen LogP contribution in [0.1, 0.15) is 27.9 Å². The fraction of sp³-hybridized carbons (Fsp3) is 0.167. The number of esters is 1. The lowest BCUT2D eigenvalue weighted by Gasteiger charge is -2.14. The van der Waals surface area contributed by atoms with E-state index in [1.807, 2.05) is 0 Å². The second-order valence-electron chi connectivity index (χ2n) is 5.20. The van der Waals surface area contributed by atoms with Gasteiger partial charge in [-0.1, -0.05) is 6.08 Å². The van der Waals surface area contributed by atoms with Gasteiger partial charge in [-0.3, -0.25) is 0 Å². The first kappa shape index (κ1) is 16.1. The van der Waals surface area contributed by atoms with Crippen LogP contribution in [0, 0.1) is 17.5 Å². The Morgan fingerprint density at radius 3 is 2.50 bits per heavy atom. The third-order valence-electron chi connectivity index (χ3n) is 3.69. The maximum atomic E-state index is 14.2. The van der Waals surface area contributed by atoms with Crippen LogP contribution in [-0.2, 0) is 4.74 Å². The molecule has 0 N–H and O–H groups in total. The van der Waals surface area contributed by atoms with Crippen molar-refractivity contribution in [1.29, 1.82) is 0 Å². The number of hydrogen-bond acceptors (Lipinski definition) is 3.